The van der Waals surface area contributed by atoms with Crippen molar-refractivity contribution in [1.82, 2.24) is 0 Å². The smallest absolute Gasteiger partial charge is 0.315 e. The largest absolute Gasteiger partial charge is 0.504 e. The van der Waals surface area contributed by atoms with E-state index in [0.29, 0.717) is 11.1 Å². The number of carbonyl (C=O) groups is 2. The molecule has 210 valence electrons. The molecule has 0 atom stereocenters. The number of ether oxygens (including phenoxy) is 1. The van der Waals surface area contributed by atoms with Crippen LogP contribution in [0.2, 0.25) is 0 Å². The van der Waals surface area contributed by atoms with Crippen LogP contribution >= 0.6 is 0 Å². The van der Waals surface area contributed by atoms with Crippen molar-refractivity contribution in [3.8, 4) is 23.0 Å². The van der Waals surface area contributed by atoms with Crippen LogP contribution in [0.1, 0.15) is 43.0 Å². The molecule has 0 fully saturated rings. The monoisotopic (exact) mass is 560 g/mol. The highest BCUT2D eigenvalue weighted by Gasteiger charge is 2.24. The van der Waals surface area contributed by atoms with Crippen LogP contribution in [-0.4, -0.2) is 43.8 Å². The molecule has 0 radical (unpaired) electrons. The summed E-state index contributed by atoms with van der Waals surface area (Å²) >= 11 is 0. The number of rotatable bonds is 7. The second-order valence-electron chi connectivity index (χ2n) is 8.81. The fourth-order valence-corrected chi connectivity index (χ4v) is 3.64. The van der Waals surface area contributed by atoms with Gasteiger partial charge < -0.3 is 20.1 Å². The Hall–Kier alpha value is -5.78. The van der Waals surface area contributed by atoms with Gasteiger partial charge in [-0.05, 0) is 26.0 Å². The quantitative estimate of drug-likeness (QED) is 0.114. The van der Waals surface area contributed by atoms with E-state index in [1.807, 2.05) is 13.8 Å². The number of hydrogen-bond donors (Lipinski definition) is 3. The fraction of sp³-hybridized carbons (Fsp3) is 0.103. The first kappa shape index (κ1) is 29.8. The zero-order chi connectivity index (χ0) is 30.4. The molecule has 0 unspecified atom stereocenters. The third kappa shape index (κ3) is 6.81. The van der Waals surface area contributed by atoms with E-state index in [4.69, 9.17) is 4.74 Å². The Morgan fingerprint density at radius 3 is 1.41 bits per heavy atom. The van der Waals surface area contributed by atoms with Gasteiger partial charge in [0, 0.05) is 34.4 Å². The summed E-state index contributed by atoms with van der Waals surface area (Å²) in [7, 11) is 1.26. The highest BCUT2D eigenvalue weighted by Crippen LogP contribution is 2.38. The van der Waals surface area contributed by atoms with Gasteiger partial charge in [0.05, 0.1) is 17.0 Å². The number of carbonyl (C=O) groups excluding carboxylic acids is 2. The van der Waals surface area contributed by atoms with Gasteiger partial charge in [0.25, 0.3) is 0 Å². The zero-order valence-corrected chi connectivity index (χ0v) is 22.0. The second-order valence-corrected chi connectivity index (χ2v) is 8.81. The average Bonchev–Trinajstić information content (AvgIpc) is 2.94. The van der Waals surface area contributed by atoms with Crippen LogP contribution in [-0.2, 0) is 0 Å². The summed E-state index contributed by atoms with van der Waals surface area (Å²) in [5.74, 6) is -3.10. The molecule has 0 aliphatic heterocycles. The molecule has 0 saturated heterocycles. The summed E-state index contributed by atoms with van der Waals surface area (Å²) in [4.78, 5) is 44.6. The van der Waals surface area contributed by atoms with E-state index in [1.165, 1.54) is 13.2 Å². The molecular formula is C29H24N2O10. The Kier molecular flexibility index (Phi) is 8.99. The van der Waals surface area contributed by atoms with Gasteiger partial charge in [0.2, 0.25) is 11.5 Å². The van der Waals surface area contributed by atoms with E-state index in [1.54, 1.807) is 48.5 Å². The van der Waals surface area contributed by atoms with Crippen molar-refractivity contribution in [3.05, 3.63) is 126 Å². The van der Waals surface area contributed by atoms with Gasteiger partial charge >= 0.3 is 11.4 Å². The molecule has 0 saturated carbocycles. The number of nitro groups is 2. The van der Waals surface area contributed by atoms with Crippen molar-refractivity contribution in [2.75, 3.05) is 7.11 Å². The number of nitro benzene ring substituents is 2. The van der Waals surface area contributed by atoms with Crippen LogP contribution in [0.5, 0.6) is 23.0 Å². The summed E-state index contributed by atoms with van der Waals surface area (Å²) in [6.45, 7) is 3.76. The van der Waals surface area contributed by atoms with Gasteiger partial charge in [-0.1, -0.05) is 59.7 Å². The number of aryl methyl sites for hydroxylation is 2. The Balaban J connectivity index is 0.000000226. The van der Waals surface area contributed by atoms with Crippen LogP contribution in [0.3, 0.4) is 0 Å². The lowest BCUT2D eigenvalue weighted by molar-refractivity contribution is -0.386. The van der Waals surface area contributed by atoms with E-state index in [9.17, 15) is 45.1 Å². The molecule has 0 heterocycles. The molecule has 12 nitrogen and oxygen atoms in total. The van der Waals surface area contributed by atoms with Gasteiger partial charge in [0.1, 0.15) is 0 Å². The number of benzene rings is 4. The molecule has 4 aromatic carbocycles. The SMILES string of the molecule is COc1cc(C(=O)c2ccc(C)cc2)cc([N+](=O)[O-])c1O.Cc1ccc(C(=O)c2cc(O)c(O)c([N+](=O)[O-])c2)cc1. The first-order valence-electron chi connectivity index (χ1n) is 11.8. The number of nitrogens with zero attached hydrogens (tertiary/aromatic N) is 2. The Morgan fingerprint density at radius 2 is 1.02 bits per heavy atom. The number of aromatic hydroxyl groups is 3. The first-order valence-corrected chi connectivity index (χ1v) is 11.8. The number of ketones is 2. The number of methoxy groups -OCH3 is 1. The van der Waals surface area contributed by atoms with E-state index in [2.05, 4.69) is 0 Å². The maximum absolute atomic E-state index is 12.4. The molecule has 0 aliphatic carbocycles. The molecule has 0 aliphatic rings. The third-order valence-corrected chi connectivity index (χ3v) is 5.89. The van der Waals surface area contributed by atoms with Crippen LogP contribution in [0.25, 0.3) is 0 Å². The van der Waals surface area contributed by atoms with Gasteiger partial charge in [-0.3, -0.25) is 29.8 Å². The Morgan fingerprint density at radius 1 is 0.634 bits per heavy atom. The van der Waals surface area contributed by atoms with E-state index < -0.39 is 44.3 Å². The van der Waals surface area contributed by atoms with Crippen molar-refractivity contribution < 1.29 is 39.5 Å². The van der Waals surface area contributed by atoms with Crippen molar-refractivity contribution in [2.24, 2.45) is 0 Å². The van der Waals surface area contributed by atoms with Gasteiger partial charge in [-0.2, -0.15) is 0 Å². The topological polar surface area (TPSA) is 190 Å². The fourth-order valence-electron chi connectivity index (χ4n) is 3.64. The van der Waals surface area contributed by atoms with E-state index >= 15 is 0 Å². The van der Waals surface area contributed by atoms with E-state index in [0.717, 1.165) is 29.3 Å². The van der Waals surface area contributed by atoms with Crippen LogP contribution in [0.15, 0.2) is 72.8 Å². The van der Waals surface area contributed by atoms with Crippen molar-refractivity contribution in [1.29, 1.82) is 0 Å². The van der Waals surface area contributed by atoms with Gasteiger partial charge in [-0.25, -0.2) is 0 Å². The van der Waals surface area contributed by atoms with Crippen LogP contribution in [0.4, 0.5) is 11.4 Å². The van der Waals surface area contributed by atoms with Crippen LogP contribution in [0, 0.1) is 34.1 Å². The summed E-state index contributed by atoms with van der Waals surface area (Å²) in [6.07, 6.45) is 0. The predicted molar refractivity (Wildman–Crippen MR) is 147 cm³/mol. The highest BCUT2D eigenvalue weighted by molar-refractivity contribution is 6.10. The molecule has 41 heavy (non-hydrogen) atoms. The molecule has 0 amide bonds. The lowest BCUT2D eigenvalue weighted by atomic mass is 10.0. The van der Waals surface area contributed by atoms with Crippen molar-refractivity contribution in [3.63, 3.8) is 0 Å². The molecule has 0 spiro atoms. The maximum atomic E-state index is 12.4. The normalized spacial score (nSPS) is 10.2. The van der Waals surface area contributed by atoms with Crippen molar-refractivity contribution in [2.45, 2.75) is 13.8 Å². The molecule has 4 aromatic rings. The summed E-state index contributed by atoms with van der Waals surface area (Å²) in [6, 6.07) is 17.8. The van der Waals surface area contributed by atoms with Crippen LogP contribution < -0.4 is 4.74 Å². The minimum absolute atomic E-state index is 0.0594. The summed E-state index contributed by atoms with van der Waals surface area (Å²) in [5, 5.41) is 50.2. The second kappa shape index (κ2) is 12.4. The number of phenols is 3. The minimum atomic E-state index is -0.860. The molecule has 3 N–H and O–H groups in total. The van der Waals surface area contributed by atoms with Gasteiger partial charge in [-0.15, -0.1) is 0 Å². The number of hydrogen-bond acceptors (Lipinski definition) is 10. The summed E-state index contributed by atoms with van der Waals surface area (Å²) in [5.41, 5.74) is 1.47. The highest BCUT2D eigenvalue weighted by atomic mass is 16.6. The molecule has 4 rings (SSSR count). The van der Waals surface area contributed by atoms with Gasteiger partial charge in [0.15, 0.2) is 23.1 Å². The number of phenolic OH excluding ortho intramolecular Hbond substituents is 3. The summed E-state index contributed by atoms with van der Waals surface area (Å²) < 4.78 is 4.87. The predicted octanol–water partition coefficient (Wildman–Crippen LogP) is 5.39. The van der Waals surface area contributed by atoms with Crippen molar-refractivity contribution >= 4 is 22.9 Å². The zero-order valence-electron chi connectivity index (χ0n) is 22.0. The average molecular weight is 561 g/mol. The minimum Gasteiger partial charge on any atom is -0.504 e. The van der Waals surface area contributed by atoms with E-state index in [-0.39, 0.29) is 22.7 Å². The first-order chi connectivity index (χ1) is 19.3. The lowest BCUT2D eigenvalue weighted by Crippen LogP contribution is -2.03. The Bertz CT molecular complexity index is 1650. The Labute approximate surface area is 233 Å². The molecular weight excluding hydrogens is 536 g/mol. The molecule has 12 heteroatoms. The lowest BCUT2D eigenvalue weighted by Gasteiger charge is -2.07. The molecule has 0 aromatic heterocycles. The molecule has 0 bridgehead atoms. The third-order valence-electron chi connectivity index (χ3n) is 5.89. The maximum Gasteiger partial charge on any atom is 0.315 e. The standard InChI is InChI=1S/C15H13NO5.C14H11NO5/c1-9-3-5-10(6-4-9)14(17)11-7-12(16(19)20)15(18)13(8-11)21-2;1-8-2-4-9(5-3-8)13(17)10-6-11(15(19)20)14(18)12(16)7-10/h3-8,18H,1-2H3;2-7,16,18H,1H3.